The van der Waals surface area contributed by atoms with Gasteiger partial charge in [0.1, 0.15) is 0 Å². The second-order valence-electron chi connectivity index (χ2n) is 6.30. The van der Waals surface area contributed by atoms with Gasteiger partial charge in [0, 0.05) is 19.1 Å². The van der Waals surface area contributed by atoms with Gasteiger partial charge in [-0.15, -0.1) is 0 Å². The fraction of sp³-hybridized carbons (Fsp3) is 1.00. The quantitative estimate of drug-likeness (QED) is 0.785. The zero-order chi connectivity index (χ0) is 12.8. The Labute approximate surface area is 113 Å². The molecule has 2 rings (SSSR count). The minimum absolute atomic E-state index is 0.394. The summed E-state index contributed by atoms with van der Waals surface area (Å²) in [7, 11) is 0. The number of nitrogens with zero attached hydrogens (tertiary/aromatic N) is 2. The van der Waals surface area contributed by atoms with Crippen LogP contribution in [0.4, 0.5) is 0 Å². The van der Waals surface area contributed by atoms with E-state index in [4.69, 9.17) is 5.73 Å². The van der Waals surface area contributed by atoms with Gasteiger partial charge in [0.25, 0.3) is 0 Å². The van der Waals surface area contributed by atoms with Crippen molar-refractivity contribution in [2.24, 2.45) is 11.7 Å². The van der Waals surface area contributed by atoms with Crippen LogP contribution in [-0.2, 0) is 0 Å². The molecule has 2 heterocycles. The van der Waals surface area contributed by atoms with Crippen molar-refractivity contribution in [1.82, 2.24) is 9.80 Å². The summed E-state index contributed by atoms with van der Waals surface area (Å²) in [5.41, 5.74) is 6.13. The fourth-order valence-corrected chi connectivity index (χ4v) is 3.48. The van der Waals surface area contributed by atoms with E-state index in [9.17, 15) is 0 Å². The lowest BCUT2D eigenvalue weighted by Gasteiger charge is -2.35. The fourth-order valence-electron chi connectivity index (χ4n) is 3.48. The molecule has 3 heteroatoms. The van der Waals surface area contributed by atoms with Crippen molar-refractivity contribution in [2.75, 3.05) is 39.3 Å². The molecule has 1 unspecified atom stereocenters. The Bertz CT molecular complexity index is 218. The Kier molecular flexibility index (Phi) is 5.93. The van der Waals surface area contributed by atoms with Gasteiger partial charge in [-0.3, -0.25) is 0 Å². The van der Waals surface area contributed by atoms with E-state index in [-0.39, 0.29) is 0 Å². The number of piperidine rings is 1. The number of nitrogens with two attached hydrogens (primary N) is 1. The lowest BCUT2D eigenvalue weighted by molar-refractivity contribution is 0.147. The third kappa shape index (κ3) is 4.52. The highest BCUT2D eigenvalue weighted by Crippen LogP contribution is 2.20. The number of hydrogen-bond donors (Lipinski definition) is 1. The maximum Gasteiger partial charge on any atom is 0.0167 e. The standard InChI is InChI=1S/C15H31N3/c1-2-5-15(16)13-18-10-6-14(7-11-18)12-17-8-3-4-9-17/h14-15H,2-13,16H2,1H3. The van der Waals surface area contributed by atoms with Crippen LogP contribution in [0, 0.1) is 5.92 Å². The third-order valence-electron chi connectivity index (χ3n) is 4.57. The van der Waals surface area contributed by atoms with Gasteiger partial charge in [0.05, 0.1) is 0 Å². The molecule has 0 saturated carbocycles. The minimum atomic E-state index is 0.394. The van der Waals surface area contributed by atoms with E-state index in [1.165, 1.54) is 71.2 Å². The van der Waals surface area contributed by atoms with Crippen molar-refractivity contribution in [3.05, 3.63) is 0 Å². The molecular weight excluding hydrogens is 222 g/mol. The summed E-state index contributed by atoms with van der Waals surface area (Å²) >= 11 is 0. The lowest BCUT2D eigenvalue weighted by Crippen LogP contribution is -2.43. The highest BCUT2D eigenvalue weighted by molar-refractivity contribution is 4.79. The van der Waals surface area contributed by atoms with E-state index in [0.717, 1.165) is 12.5 Å². The predicted molar refractivity (Wildman–Crippen MR) is 77.7 cm³/mol. The van der Waals surface area contributed by atoms with E-state index in [0.29, 0.717) is 6.04 Å². The van der Waals surface area contributed by atoms with Crippen LogP contribution in [0.5, 0.6) is 0 Å². The van der Waals surface area contributed by atoms with Gasteiger partial charge in [-0.25, -0.2) is 0 Å². The smallest absolute Gasteiger partial charge is 0.0167 e. The van der Waals surface area contributed by atoms with Gasteiger partial charge in [-0.05, 0) is 64.2 Å². The van der Waals surface area contributed by atoms with E-state index in [1.54, 1.807) is 0 Å². The molecule has 18 heavy (non-hydrogen) atoms. The Hall–Kier alpha value is -0.120. The van der Waals surface area contributed by atoms with Crippen molar-refractivity contribution in [2.45, 2.75) is 51.5 Å². The molecule has 0 spiro atoms. The summed E-state index contributed by atoms with van der Waals surface area (Å²) in [6.45, 7) is 9.94. The molecule has 2 aliphatic heterocycles. The molecule has 2 aliphatic rings. The van der Waals surface area contributed by atoms with Gasteiger partial charge in [0.2, 0.25) is 0 Å². The van der Waals surface area contributed by atoms with E-state index >= 15 is 0 Å². The zero-order valence-corrected chi connectivity index (χ0v) is 12.1. The molecule has 2 N–H and O–H groups in total. The van der Waals surface area contributed by atoms with E-state index < -0.39 is 0 Å². The Morgan fingerprint density at radius 2 is 1.72 bits per heavy atom. The largest absolute Gasteiger partial charge is 0.327 e. The normalized spacial score (nSPS) is 25.7. The van der Waals surface area contributed by atoms with Crippen LogP contribution in [0.25, 0.3) is 0 Å². The Morgan fingerprint density at radius 3 is 2.33 bits per heavy atom. The van der Waals surface area contributed by atoms with Crippen LogP contribution in [0.2, 0.25) is 0 Å². The molecule has 0 aromatic rings. The highest BCUT2D eigenvalue weighted by atomic mass is 15.2. The summed E-state index contributed by atoms with van der Waals surface area (Å²) in [4.78, 5) is 5.25. The molecule has 0 bridgehead atoms. The summed E-state index contributed by atoms with van der Waals surface area (Å²) in [5.74, 6) is 0.946. The Morgan fingerprint density at radius 1 is 1.06 bits per heavy atom. The molecule has 106 valence electrons. The maximum absolute atomic E-state index is 6.13. The van der Waals surface area contributed by atoms with Crippen LogP contribution in [0.15, 0.2) is 0 Å². The molecule has 0 amide bonds. The van der Waals surface area contributed by atoms with Gasteiger partial charge in [-0.1, -0.05) is 13.3 Å². The molecule has 0 radical (unpaired) electrons. The van der Waals surface area contributed by atoms with Gasteiger partial charge in [-0.2, -0.15) is 0 Å². The number of likely N-dealkylation sites (tertiary alicyclic amines) is 2. The van der Waals surface area contributed by atoms with Crippen molar-refractivity contribution < 1.29 is 0 Å². The third-order valence-corrected chi connectivity index (χ3v) is 4.57. The average molecular weight is 253 g/mol. The maximum atomic E-state index is 6.13. The molecule has 1 atom stereocenters. The van der Waals surface area contributed by atoms with Crippen LogP contribution in [-0.4, -0.2) is 55.1 Å². The van der Waals surface area contributed by atoms with Crippen molar-refractivity contribution >= 4 is 0 Å². The molecular formula is C15H31N3. The van der Waals surface area contributed by atoms with Gasteiger partial charge >= 0.3 is 0 Å². The topological polar surface area (TPSA) is 32.5 Å². The molecule has 2 fully saturated rings. The van der Waals surface area contributed by atoms with Crippen LogP contribution in [0.1, 0.15) is 45.4 Å². The Balaban J connectivity index is 1.61. The molecule has 0 aromatic carbocycles. The lowest BCUT2D eigenvalue weighted by atomic mass is 9.95. The number of hydrogen-bond acceptors (Lipinski definition) is 3. The SMILES string of the molecule is CCCC(N)CN1CCC(CN2CCCC2)CC1. The first-order valence-corrected chi connectivity index (χ1v) is 7.98. The van der Waals surface area contributed by atoms with Crippen molar-refractivity contribution in [3.8, 4) is 0 Å². The minimum Gasteiger partial charge on any atom is -0.327 e. The first-order chi connectivity index (χ1) is 8.78. The molecule has 0 aromatic heterocycles. The number of rotatable bonds is 6. The highest BCUT2D eigenvalue weighted by Gasteiger charge is 2.23. The molecule has 0 aliphatic carbocycles. The van der Waals surface area contributed by atoms with Crippen LogP contribution < -0.4 is 5.73 Å². The van der Waals surface area contributed by atoms with Crippen molar-refractivity contribution in [1.29, 1.82) is 0 Å². The second kappa shape index (κ2) is 7.46. The summed E-state index contributed by atoms with van der Waals surface area (Å²) in [6, 6.07) is 0.394. The predicted octanol–water partition coefficient (Wildman–Crippen LogP) is 1.92. The van der Waals surface area contributed by atoms with E-state index in [2.05, 4.69) is 16.7 Å². The van der Waals surface area contributed by atoms with Gasteiger partial charge < -0.3 is 15.5 Å². The van der Waals surface area contributed by atoms with Gasteiger partial charge in [0.15, 0.2) is 0 Å². The first-order valence-electron chi connectivity index (χ1n) is 7.98. The summed E-state index contributed by atoms with van der Waals surface area (Å²) < 4.78 is 0. The van der Waals surface area contributed by atoms with E-state index in [1.807, 2.05) is 0 Å². The zero-order valence-electron chi connectivity index (χ0n) is 12.1. The monoisotopic (exact) mass is 253 g/mol. The first kappa shape index (κ1) is 14.3. The van der Waals surface area contributed by atoms with Crippen molar-refractivity contribution in [3.63, 3.8) is 0 Å². The molecule has 3 nitrogen and oxygen atoms in total. The van der Waals surface area contributed by atoms with Crippen LogP contribution in [0.3, 0.4) is 0 Å². The molecule has 2 saturated heterocycles. The average Bonchev–Trinajstić information content (AvgIpc) is 2.85. The second-order valence-corrected chi connectivity index (χ2v) is 6.30. The summed E-state index contributed by atoms with van der Waals surface area (Å²) in [6.07, 6.45) is 8.00. The van der Waals surface area contributed by atoms with Crippen LogP contribution >= 0.6 is 0 Å². The summed E-state index contributed by atoms with van der Waals surface area (Å²) in [5, 5.41) is 0.